The molecule has 1 aliphatic heterocycles. The second-order valence-electron chi connectivity index (χ2n) is 6.86. The van der Waals surface area contributed by atoms with E-state index in [1.54, 1.807) is 0 Å². The lowest BCUT2D eigenvalue weighted by Gasteiger charge is -2.30. The van der Waals surface area contributed by atoms with Crippen molar-refractivity contribution in [3.63, 3.8) is 0 Å². The fraction of sp³-hybridized carbons (Fsp3) is 0.562. The predicted octanol–water partition coefficient (Wildman–Crippen LogP) is 2.81. The summed E-state index contributed by atoms with van der Waals surface area (Å²) in [5.41, 5.74) is -1.05. The molecule has 3 unspecified atom stereocenters. The fourth-order valence-corrected chi connectivity index (χ4v) is 4.04. The smallest absolute Gasteiger partial charge is 0.322 e. The predicted molar refractivity (Wildman–Crippen MR) is 78.0 cm³/mol. The highest BCUT2D eigenvalue weighted by Crippen LogP contribution is 2.56. The van der Waals surface area contributed by atoms with Gasteiger partial charge < -0.3 is 5.32 Å². The maximum Gasteiger partial charge on any atom is 0.329 e. The first-order valence-corrected chi connectivity index (χ1v) is 7.83. The maximum atomic E-state index is 13.5. The zero-order chi connectivity index (χ0) is 16.4. The van der Waals surface area contributed by atoms with Crippen LogP contribution in [-0.4, -0.2) is 22.5 Å². The van der Waals surface area contributed by atoms with Crippen molar-refractivity contribution in [1.29, 1.82) is 0 Å². The zero-order valence-corrected chi connectivity index (χ0v) is 12.7. The molecule has 3 fully saturated rings. The normalized spacial score (nSPS) is 32.9. The Morgan fingerprint density at radius 2 is 2.17 bits per heavy atom. The van der Waals surface area contributed by atoms with Gasteiger partial charge in [-0.2, -0.15) is 0 Å². The summed E-state index contributed by atoms with van der Waals surface area (Å²) in [5.74, 6) is -2.72. The van der Waals surface area contributed by atoms with Gasteiger partial charge in [-0.25, -0.2) is 18.5 Å². The van der Waals surface area contributed by atoms with Crippen molar-refractivity contribution in [3.05, 3.63) is 24.0 Å². The summed E-state index contributed by atoms with van der Waals surface area (Å²) in [4.78, 5) is 30.0. The van der Waals surface area contributed by atoms with Crippen molar-refractivity contribution in [2.45, 2.75) is 44.1 Å². The summed E-state index contributed by atoms with van der Waals surface area (Å²) < 4.78 is 27.0. The number of pyridine rings is 1. The van der Waals surface area contributed by atoms with Crippen molar-refractivity contribution in [1.82, 2.24) is 10.3 Å². The Bertz CT molecular complexity index is 703. The maximum absolute atomic E-state index is 13.5. The highest BCUT2D eigenvalue weighted by atomic mass is 19.3. The van der Waals surface area contributed by atoms with Gasteiger partial charge in [0.25, 0.3) is 11.8 Å². The number of amides is 3. The van der Waals surface area contributed by atoms with Gasteiger partial charge in [0.05, 0.1) is 11.9 Å². The molecule has 5 nitrogen and oxygen atoms in total. The first kappa shape index (κ1) is 14.5. The van der Waals surface area contributed by atoms with Crippen molar-refractivity contribution in [3.8, 4) is 0 Å². The molecule has 3 amide bonds. The number of anilines is 1. The van der Waals surface area contributed by atoms with Gasteiger partial charge in [0.2, 0.25) is 0 Å². The number of halogens is 2. The van der Waals surface area contributed by atoms with Crippen LogP contribution in [-0.2, 0) is 10.7 Å². The van der Waals surface area contributed by atoms with Crippen molar-refractivity contribution < 1.29 is 18.4 Å². The van der Waals surface area contributed by atoms with Crippen LogP contribution in [0.5, 0.6) is 0 Å². The second-order valence-corrected chi connectivity index (χ2v) is 6.86. The van der Waals surface area contributed by atoms with Crippen LogP contribution in [0.2, 0.25) is 0 Å². The third-order valence-electron chi connectivity index (χ3n) is 5.31. The summed E-state index contributed by atoms with van der Waals surface area (Å²) in [6, 6.07) is 0.623. The third kappa shape index (κ3) is 2.05. The molecule has 1 saturated heterocycles. The van der Waals surface area contributed by atoms with Crippen molar-refractivity contribution in [2.24, 2.45) is 11.8 Å². The van der Waals surface area contributed by atoms with Gasteiger partial charge in [0, 0.05) is 18.7 Å². The van der Waals surface area contributed by atoms with E-state index in [9.17, 15) is 18.4 Å². The van der Waals surface area contributed by atoms with E-state index < -0.39 is 17.5 Å². The van der Waals surface area contributed by atoms with E-state index in [1.807, 2.05) is 0 Å². The Kier molecular flexibility index (Phi) is 2.84. The van der Waals surface area contributed by atoms with E-state index in [1.165, 1.54) is 6.20 Å². The average Bonchev–Trinajstić information content (AvgIpc) is 3.23. The van der Waals surface area contributed by atoms with E-state index >= 15 is 0 Å². The topological polar surface area (TPSA) is 62.3 Å². The number of carbonyl (C=O) groups is 2. The molecule has 0 bridgehead atoms. The lowest BCUT2D eigenvalue weighted by atomic mass is 9.81. The molecule has 3 atom stereocenters. The molecule has 3 aliphatic rings. The molecule has 0 aromatic carbocycles. The quantitative estimate of drug-likeness (QED) is 0.852. The second kappa shape index (κ2) is 4.49. The summed E-state index contributed by atoms with van der Waals surface area (Å²) in [5, 5.41) is 2.84. The van der Waals surface area contributed by atoms with Crippen LogP contribution >= 0.6 is 0 Å². The number of carbonyl (C=O) groups excluding carboxylic acids is 2. The molecule has 1 aromatic heterocycles. The van der Waals surface area contributed by atoms with Crippen molar-refractivity contribution >= 4 is 17.6 Å². The molecule has 2 heterocycles. The van der Waals surface area contributed by atoms with Crippen LogP contribution in [0.3, 0.4) is 0 Å². The first-order chi connectivity index (χ1) is 10.8. The number of imide groups is 1. The number of hydrogen-bond acceptors (Lipinski definition) is 3. The van der Waals surface area contributed by atoms with Crippen LogP contribution in [0, 0.1) is 11.8 Å². The van der Waals surface area contributed by atoms with Crippen LogP contribution < -0.4 is 10.2 Å². The number of alkyl halides is 2. The van der Waals surface area contributed by atoms with E-state index in [-0.39, 0.29) is 23.1 Å². The first-order valence-electron chi connectivity index (χ1n) is 7.83. The molecule has 2 aliphatic carbocycles. The number of aromatic nitrogens is 1. The number of nitrogens with zero attached hydrogens (tertiary/aromatic N) is 2. The van der Waals surface area contributed by atoms with Crippen LogP contribution in [0.15, 0.2) is 18.5 Å². The minimum Gasteiger partial charge on any atom is -0.322 e. The zero-order valence-electron chi connectivity index (χ0n) is 12.7. The van der Waals surface area contributed by atoms with E-state index in [4.69, 9.17) is 0 Å². The Balaban J connectivity index is 1.70. The molecule has 122 valence electrons. The molecular formula is C16H17F2N3O2. The third-order valence-corrected chi connectivity index (χ3v) is 5.31. The largest absolute Gasteiger partial charge is 0.329 e. The standard InChI is InChI=1S/C16H17F2N3O2/c1-15(17,18)10-6-11(8-19-7-10)21-13(22)16(20-14(21)23)4-2-3-9-5-12(9)16/h6-9,12H,2-5H2,1H3,(H,20,23). The van der Waals surface area contributed by atoms with Gasteiger partial charge in [-0.3, -0.25) is 9.78 Å². The monoisotopic (exact) mass is 321 g/mol. The minimum absolute atomic E-state index is 0.103. The molecule has 2 saturated carbocycles. The molecular weight excluding hydrogens is 304 g/mol. The lowest BCUT2D eigenvalue weighted by molar-refractivity contribution is -0.123. The number of hydrogen-bond donors (Lipinski definition) is 1. The summed E-state index contributed by atoms with van der Waals surface area (Å²) >= 11 is 0. The van der Waals surface area contributed by atoms with Gasteiger partial charge in [-0.05, 0) is 37.2 Å². The van der Waals surface area contributed by atoms with Gasteiger partial charge in [-0.15, -0.1) is 0 Å². The Morgan fingerprint density at radius 3 is 2.91 bits per heavy atom. The fourth-order valence-electron chi connectivity index (χ4n) is 4.04. The number of urea groups is 1. The van der Waals surface area contributed by atoms with Crippen LogP contribution in [0.1, 0.15) is 38.2 Å². The van der Waals surface area contributed by atoms with Crippen LogP contribution in [0.25, 0.3) is 0 Å². The van der Waals surface area contributed by atoms with E-state index in [2.05, 4.69) is 10.3 Å². The van der Waals surface area contributed by atoms with Gasteiger partial charge >= 0.3 is 6.03 Å². The van der Waals surface area contributed by atoms with E-state index in [0.29, 0.717) is 12.3 Å². The number of rotatable bonds is 2. The Labute approximate surface area is 132 Å². The molecule has 23 heavy (non-hydrogen) atoms. The molecule has 4 rings (SSSR count). The highest BCUT2D eigenvalue weighted by Gasteiger charge is 2.64. The summed E-state index contributed by atoms with van der Waals surface area (Å²) in [6.07, 6.45) is 5.88. The summed E-state index contributed by atoms with van der Waals surface area (Å²) in [7, 11) is 0. The number of fused-ring (bicyclic) bond motifs is 2. The molecule has 7 heteroatoms. The highest BCUT2D eigenvalue weighted by molar-refractivity contribution is 6.23. The van der Waals surface area contributed by atoms with Gasteiger partial charge in [-0.1, -0.05) is 6.42 Å². The average molecular weight is 321 g/mol. The summed E-state index contributed by atoms with van der Waals surface area (Å²) in [6.45, 7) is 0.761. The van der Waals surface area contributed by atoms with Gasteiger partial charge in [0.1, 0.15) is 5.54 Å². The Hall–Kier alpha value is -2.05. The van der Waals surface area contributed by atoms with E-state index in [0.717, 1.165) is 43.3 Å². The molecule has 1 spiro atoms. The minimum atomic E-state index is -3.08. The molecule has 1 N–H and O–H groups in total. The van der Waals surface area contributed by atoms with Gasteiger partial charge in [0.15, 0.2) is 0 Å². The van der Waals surface area contributed by atoms with Crippen LogP contribution in [0.4, 0.5) is 19.3 Å². The van der Waals surface area contributed by atoms with Crippen molar-refractivity contribution in [2.75, 3.05) is 4.90 Å². The number of nitrogens with one attached hydrogen (secondary N) is 1. The SMILES string of the molecule is CC(F)(F)c1cncc(N2C(=O)NC3(CCCC4CC43)C2=O)c1. The Morgan fingerprint density at radius 1 is 1.39 bits per heavy atom. The lowest BCUT2D eigenvalue weighted by Crippen LogP contribution is -2.51. The molecule has 1 aromatic rings. The molecule has 0 radical (unpaired) electrons.